The van der Waals surface area contributed by atoms with Gasteiger partial charge >= 0.3 is 0 Å². The van der Waals surface area contributed by atoms with E-state index in [1.165, 1.54) is 6.07 Å². The molecule has 0 saturated heterocycles. The number of aromatic nitrogens is 1. The Hall–Kier alpha value is -1.94. The van der Waals surface area contributed by atoms with Gasteiger partial charge in [0.25, 0.3) is 0 Å². The van der Waals surface area contributed by atoms with E-state index in [1.807, 2.05) is 6.07 Å². The zero-order valence-corrected chi connectivity index (χ0v) is 10.1. The summed E-state index contributed by atoms with van der Waals surface area (Å²) in [6, 6.07) is 9.70. The van der Waals surface area contributed by atoms with Gasteiger partial charge in [0.2, 0.25) is 0 Å². The fourth-order valence-corrected chi connectivity index (χ4v) is 1.91. The minimum Gasteiger partial charge on any atom is -0.508 e. The third kappa shape index (κ3) is 2.84. The van der Waals surface area contributed by atoms with Gasteiger partial charge in [-0.3, -0.25) is 4.98 Å². The molecule has 0 aliphatic rings. The molecular formula is C14H15FN2O. The molecule has 2 aromatic rings. The molecule has 0 radical (unpaired) electrons. The molecule has 1 aromatic heterocycles. The number of benzene rings is 1. The highest BCUT2D eigenvalue weighted by atomic mass is 19.1. The first kappa shape index (κ1) is 12.5. The van der Waals surface area contributed by atoms with Crippen molar-refractivity contribution in [1.82, 2.24) is 10.3 Å². The Morgan fingerprint density at radius 1 is 1.33 bits per heavy atom. The highest BCUT2D eigenvalue weighted by molar-refractivity contribution is 5.28. The molecule has 94 valence electrons. The van der Waals surface area contributed by atoms with Crippen molar-refractivity contribution < 1.29 is 9.50 Å². The average molecular weight is 246 g/mol. The van der Waals surface area contributed by atoms with Crippen LogP contribution in [0.5, 0.6) is 5.75 Å². The van der Waals surface area contributed by atoms with Gasteiger partial charge in [0.1, 0.15) is 11.6 Å². The molecule has 0 amide bonds. The van der Waals surface area contributed by atoms with Crippen LogP contribution >= 0.6 is 0 Å². The first-order valence-electron chi connectivity index (χ1n) is 5.76. The summed E-state index contributed by atoms with van der Waals surface area (Å²) < 4.78 is 13.7. The number of nitrogens with one attached hydrogen (secondary N) is 1. The molecule has 0 saturated carbocycles. The van der Waals surface area contributed by atoms with Crippen LogP contribution in [0.15, 0.2) is 42.6 Å². The lowest BCUT2D eigenvalue weighted by atomic mass is 10.0. The maximum absolute atomic E-state index is 13.7. The second kappa shape index (κ2) is 5.60. The maximum Gasteiger partial charge on any atom is 0.146 e. The topological polar surface area (TPSA) is 45.1 Å². The molecule has 1 atom stereocenters. The zero-order valence-electron chi connectivity index (χ0n) is 10.1. The lowest BCUT2D eigenvalue weighted by Crippen LogP contribution is -2.21. The number of hydrogen-bond donors (Lipinski definition) is 2. The van der Waals surface area contributed by atoms with E-state index in [2.05, 4.69) is 10.3 Å². The monoisotopic (exact) mass is 246 g/mol. The van der Waals surface area contributed by atoms with Gasteiger partial charge in [0, 0.05) is 6.20 Å². The molecular weight excluding hydrogens is 231 g/mol. The minimum atomic E-state index is -0.322. The number of phenolic OH excluding ortho intramolecular Hbond substituents is 1. The summed E-state index contributed by atoms with van der Waals surface area (Å²) in [7, 11) is 1.77. The molecule has 3 nitrogen and oxygen atoms in total. The molecule has 1 heterocycles. The number of rotatable bonds is 4. The molecule has 0 bridgehead atoms. The van der Waals surface area contributed by atoms with Crippen molar-refractivity contribution in [2.75, 3.05) is 7.05 Å². The number of likely N-dealkylation sites (N-methyl/N-ethyl adjacent to an activating group) is 1. The summed E-state index contributed by atoms with van der Waals surface area (Å²) in [6.45, 7) is 0. The van der Waals surface area contributed by atoms with Gasteiger partial charge in [0.05, 0.1) is 11.7 Å². The summed E-state index contributed by atoms with van der Waals surface area (Å²) in [5.74, 6) is -0.110. The van der Waals surface area contributed by atoms with Gasteiger partial charge in [-0.05, 0) is 43.3 Å². The van der Waals surface area contributed by atoms with E-state index in [0.717, 1.165) is 5.56 Å². The number of halogens is 1. The highest BCUT2D eigenvalue weighted by Crippen LogP contribution is 2.20. The van der Waals surface area contributed by atoms with E-state index in [-0.39, 0.29) is 17.6 Å². The minimum absolute atomic E-state index is 0.212. The van der Waals surface area contributed by atoms with Crippen molar-refractivity contribution in [1.29, 1.82) is 0 Å². The van der Waals surface area contributed by atoms with Crippen LogP contribution in [0.1, 0.15) is 17.3 Å². The lowest BCUT2D eigenvalue weighted by molar-refractivity contribution is 0.472. The van der Waals surface area contributed by atoms with Crippen LogP contribution in [0, 0.1) is 5.82 Å². The molecule has 18 heavy (non-hydrogen) atoms. The van der Waals surface area contributed by atoms with E-state index >= 15 is 0 Å². The number of nitrogens with zero attached hydrogens (tertiary/aromatic N) is 1. The normalized spacial score (nSPS) is 12.3. The van der Waals surface area contributed by atoms with Crippen molar-refractivity contribution >= 4 is 0 Å². The molecule has 0 aliphatic heterocycles. The van der Waals surface area contributed by atoms with Gasteiger partial charge in [-0.2, -0.15) is 0 Å². The van der Waals surface area contributed by atoms with Crippen LogP contribution in [-0.4, -0.2) is 17.1 Å². The maximum atomic E-state index is 13.7. The van der Waals surface area contributed by atoms with Crippen LogP contribution in [0.25, 0.3) is 0 Å². The van der Waals surface area contributed by atoms with Crippen molar-refractivity contribution in [3.05, 3.63) is 59.7 Å². The van der Waals surface area contributed by atoms with Gasteiger partial charge in [-0.1, -0.05) is 12.1 Å². The van der Waals surface area contributed by atoms with Crippen LogP contribution in [0.4, 0.5) is 4.39 Å². The Balaban J connectivity index is 2.23. The predicted octanol–water partition coefficient (Wildman–Crippen LogP) is 2.43. The Kier molecular flexibility index (Phi) is 3.89. The quantitative estimate of drug-likeness (QED) is 0.871. The Bertz CT molecular complexity index is 531. The number of aromatic hydroxyl groups is 1. The summed E-state index contributed by atoms with van der Waals surface area (Å²) in [5.41, 5.74) is 1.32. The first-order valence-corrected chi connectivity index (χ1v) is 5.76. The Labute approximate surface area is 105 Å². The summed E-state index contributed by atoms with van der Waals surface area (Å²) in [6.07, 6.45) is 2.14. The van der Waals surface area contributed by atoms with Crippen molar-refractivity contribution in [2.45, 2.75) is 12.5 Å². The van der Waals surface area contributed by atoms with Crippen molar-refractivity contribution in [2.24, 2.45) is 0 Å². The van der Waals surface area contributed by atoms with Crippen LogP contribution in [0.2, 0.25) is 0 Å². The third-order valence-corrected chi connectivity index (χ3v) is 2.82. The fraction of sp³-hybridized carbons (Fsp3) is 0.214. The largest absolute Gasteiger partial charge is 0.508 e. The second-order valence-corrected chi connectivity index (χ2v) is 4.09. The van der Waals surface area contributed by atoms with Gasteiger partial charge in [-0.25, -0.2) is 4.39 Å². The summed E-state index contributed by atoms with van der Waals surface area (Å²) >= 11 is 0. The predicted molar refractivity (Wildman–Crippen MR) is 67.8 cm³/mol. The highest BCUT2D eigenvalue weighted by Gasteiger charge is 2.15. The Morgan fingerprint density at radius 3 is 2.83 bits per heavy atom. The fourth-order valence-electron chi connectivity index (χ4n) is 1.91. The van der Waals surface area contributed by atoms with E-state index in [9.17, 15) is 9.50 Å². The van der Waals surface area contributed by atoms with Gasteiger partial charge in [0.15, 0.2) is 0 Å². The average Bonchev–Trinajstić information content (AvgIpc) is 2.37. The Morgan fingerprint density at radius 2 is 2.17 bits per heavy atom. The lowest BCUT2D eigenvalue weighted by Gasteiger charge is -2.16. The molecule has 0 spiro atoms. The van der Waals surface area contributed by atoms with Crippen molar-refractivity contribution in [3.8, 4) is 5.75 Å². The first-order chi connectivity index (χ1) is 8.70. The van der Waals surface area contributed by atoms with E-state index in [0.29, 0.717) is 12.1 Å². The summed E-state index contributed by atoms with van der Waals surface area (Å²) in [4.78, 5) is 4.07. The van der Waals surface area contributed by atoms with Crippen LogP contribution in [-0.2, 0) is 6.42 Å². The molecule has 0 fully saturated rings. The van der Waals surface area contributed by atoms with Gasteiger partial charge in [-0.15, -0.1) is 0 Å². The molecule has 0 aliphatic carbocycles. The second-order valence-electron chi connectivity index (χ2n) is 4.09. The molecule has 4 heteroatoms. The zero-order chi connectivity index (χ0) is 13.0. The smallest absolute Gasteiger partial charge is 0.146 e. The molecule has 2 N–H and O–H groups in total. The van der Waals surface area contributed by atoms with Crippen molar-refractivity contribution in [3.63, 3.8) is 0 Å². The molecule has 2 rings (SSSR count). The van der Waals surface area contributed by atoms with Crippen LogP contribution in [0.3, 0.4) is 0 Å². The number of hydrogen-bond acceptors (Lipinski definition) is 3. The van der Waals surface area contributed by atoms with Gasteiger partial charge < -0.3 is 10.4 Å². The van der Waals surface area contributed by atoms with Crippen LogP contribution < -0.4 is 5.32 Å². The number of phenols is 1. The molecule has 1 aromatic carbocycles. The van der Waals surface area contributed by atoms with E-state index in [4.69, 9.17) is 0 Å². The molecule has 1 unspecified atom stereocenters. The van der Waals surface area contributed by atoms with E-state index in [1.54, 1.807) is 37.5 Å². The number of pyridine rings is 1. The third-order valence-electron chi connectivity index (χ3n) is 2.82. The van der Waals surface area contributed by atoms with E-state index < -0.39 is 0 Å². The summed E-state index contributed by atoms with van der Waals surface area (Å²) in [5, 5.41) is 12.5. The SMILES string of the molecule is CNC(Cc1cccc(O)c1)c1ncccc1F. The standard InChI is InChI=1S/C14H15FN2O/c1-16-13(14-12(15)6-3-7-17-14)9-10-4-2-5-11(18)8-10/h2-8,13,16,18H,9H2,1H3.